The van der Waals surface area contributed by atoms with Gasteiger partial charge in [-0.1, -0.05) is 6.07 Å². The van der Waals surface area contributed by atoms with E-state index in [9.17, 15) is 5.11 Å². The Bertz CT molecular complexity index is 333. The van der Waals surface area contributed by atoms with E-state index in [0.29, 0.717) is 6.54 Å². The van der Waals surface area contributed by atoms with Crippen molar-refractivity contribution < 1.29 is 5.11 Å². The molecule has 1 rings (SSSR count). The highest BCUT2D eigenvalue weighted by atomic mass is 16.3. The lowest BCUT2D eigenvalue weighted by atomic mass is 10.1. The molecule has 1 aromatic rings. The molecule has 0 saturated heterocycles. The van der Waals surface area contributed by atoms with Crippen LogP contribution in [0.4, 0.5) is 11.6 Å². The van der Waals surface area contributed by atoms with Gasteiger partial charge in [-0.25, -0.2) is 4.98 Å². The van der Waals surface area contributed by atoms with Crippen LogP contribution in [-0.4, -0.2) is 35.8 Å². The number of likely N-dealkylation sites (N-methyl/N-ethyl adjacent to an activating group) is 1. The third-order valence-corrected chi connectivity index (χ3v) is 2.11. The predicted molar refractivity (Wildman–Crippen MR) is 68.0 cm³/mol. The fourth-order valence-electron chi connectivity index (χ4n) is 1.58. The first-order chi connectivity index (χ1) is 7.42. The van der Waals surface area contributed by atoms with Gasteiger partial charge >= 0.3 is 0 Å². The molecule has 0 bridgehead atoms. The normalized spacial score (nSPS) is 11.3. The fraction of sp³-hybridized carbons (Fsp3) is 0.583. The van der Waals surface area contributed by atoms with E-state index in [4.69, 9.17) is 0 Å². The van der Waals surface area contributed by atoms with Gasteiger partial charge in [0.25, 0.3) is 0 Å². The quantitative estimate of drug-likeness (QED) is 0.798. The number of aliphatic hydroxyl groups is 1. The van der Waals surface area contributed by atoms with Crippen LogP contribution < -0.4 is 10.2 Å². The molecular weight excluding hydrogens is 202 g/mol. The maximum absolute atomic E-state index is 9.74. The van der Waals surface area contributed by atoms with Gasteiger partial charge in [-0.3, -0.25) is 0 Å². The number of aromatic nitrogens is 1. The highest BCUT2D eigenvalue weighted by molar-refractivity contribution is 5.46. The highest BCUT2D eigenvalue weighted by Crippen LogP contribution is 2.15. The predicted octanol–water partition coefficient (Wildman–Crippen LogP) is 1.72. The minimum Gasteiger partial charge on any atom is -0.389 e. The molecule has 0 aliphatic heterocycles. The third kappa shape index (κ3) is 4.06. The van der Waals surface area contributed by atoms with Gasteiger partial charge in [-0.05, 0) is 32.9 Å². The maximum atomic E-state index is 9.74. The monoisotopic (exact) mass is 223 g/mol. The Balaban J connectivity index is 2.75. The average Bonchev–Trinajstić information content (AvgIpc) is 2.16. The van der Waals surface area contributed by atoms with E-state index in [-0.39, 0.29) is 0 Å². The highest BCUT2D eigenvalue weighted by Gasteiger charge is 2.16. The first kappa shape index (κ1) is 12.8. The summed E-state index contributed by atoms with van der Waals surface area (Å²) in [5.74, 6) is 1.73. The first-order valence-corrected chi connectivity index (χ1v) is 5.57. The van der Waals surface area contributed by atoms with Crippen LogP contribution in [0.1, 0.15) is 20.8 Å². The zero-order valence-corrected chi connectivity index (χ0v) is 10.5. The Kier molecular flexibility index (Phi) is 4.12. The summed E-state index contributed by atoms with van der Waals surface area (Å²) in [6, 6.07) is 5.83. The summed E-state index contributed by atoms with van der Waals surface area (Å²) in [7, 11) is 1.93. The molecule has 4 nitrogen and oxygen atoms in total. The van der Waals surface area contributed by atoms with Crippen LogP contribution in [-0.2, 0) is 0 Å². The van der Waals surface area contributed by atoms with Crippen molar-refractivity contribution in [2.75, 3.05) is 30.4 Å². The van der Waals surface area contributed by atoms with Crippen molar-refractivity contribution in [1.82, 2.24) is 4.98 Å². The van der Waals surface area contributed by atoms with Gasteiger partial charge in [-0.15, -0.1) is 0 Å². The molecule has 0 spiro atoms. The summed E-state index contributed by atoms with van der Waals surface area (Å²) in [5, 5.41) is 12.9. The molecule has 0 fully saturated rings. The van der Waals surface area contributed by atoms with E-state index >= 15 is 0 Å². The van der Waals surface area contributed by atoms with Crippen molar-refractivity contribution >= 4 is 11.6 Å². The summed E-state index contributed by atoms with van der Waals surface area (Å²) in [4.78, 5) is 6.40. The molecule has 0 saturated carbocycles. The van der Waals surface area contributed by atoms with Crippen molar-refractivity contribution in [2.24, 2.45) is 0 Å². The van der Waals surface area contributed by atoms with Crippen LogP contribution in [0.3, 0.4) is 0 Å². The molecule has 4 heteroatoms. The van der Waals surface area contributed by atoms with E-state index < -0.39 is 5.60 Å². The third-order valence-electron chi connectivity index (χ3n) is 2.11. The van der Waals surface area contributed by atoms with Gasteiger partial charge < -0.3 is 15.3 Å². The van der Waals surface area contributed by atoms with Gasteiger partial charge in [0, 0.05) is 20.1 Å². The number of nitrogens with one attached hydrogen (secondary N) is 1. The van der Waals surface area contributed by atoms with Gasteiger partial charge in [0.2, 0.25) is 0 Å². The zero-order valence-electron chi connectivity index (χ0n) is 10.5. The van der Waals surface area contributed by atoms with Gasteiger partial charge in [0.15, 0.2) is 0 Å². The Morgan fingerprint density at radius 2 is 2.12 bits per heavy atom. The molecule has 1 aromatic heterocycles. The minimum absolute atomic E-state index is 0.551. The second-order valence-corrected chi connectivity index (χ2v) is 4.58. The van der Waals surface area contributed by atoms with Crippen LogP contribution in [0.15, 0.2) is 18.2 Å². The average molecular weight is 223 g/mol. The zero-order chi connectivity index (χ0) is 12.2. The summed E-state index contributed by atoms with van der Waals surface area (Å²) >= 11 is 0. The van der Waals surface area contributed by atoms with Crippen LogP contribution in [0.25, 0.3) is 0 Å². The van der Waals surface area contributed by atoms with Crippen molar-refractivity contribution in [2.45, 2.75) is 26.4 Å². The Hall–Kier alpha value is -1.29. The SMILES string of the molecule is CCNc1cccc(N(C)CC(C)(C)O)n1. The molecule has 0 aliphatic carbocycles. The Morgan fingerprint density at radius 1 is 1.44 bits per heavy atom. The number of hydrogen-bond donors (Lipinski definition) is 2. The van der Waals surface area contributed by atoms with E-state index in [2.05, 4.69) is 10.3 Å². The van der Waals surface area contributed by atoms with Crippen molar-refractivity contribution in [3.05, 3.63) is 18.2 Å². The lowest BCUT2D eigenvalue weighted by Gasteiger charge is -2.26. The number of nitrogens with zero attached hydrogens (tertiary/aromatic N) is 2. The Labute approximate surface area is 97.3 Å². The molecule has 16 heavy (non-hydrogen) atoms. The second kappa shape index (κ2) is 5.16. The Morgan fingerprint density at radius 3 is 2.69 bits per heavy atom. The van der Waals surface area contributed by atoms with E-state index in [1.165, 1.54) is 0 Å². The van der Waals surface area contributed by atoms with Gasteiger partial charge in [0.1, 0.15) is 11.6 Å². The lowest BCUT2D eigenvalue weighted by molar-refractivity contribution is 0.0884. The van der Waals surface area contributed by atoms with E-state index in [1.54, 1.807) is 13.8 Å². The van der Waals surface area contributed by atoms with Crippen molar-refractivity contribution in [3.63, 3.8) is 0 Å². The van der Waals surface area contributed by atoms with Gasteiger partial charge in [-0.2, -0.15) is 0 Å². The van der Waals surface area contributed by atoms with Crippen molar-refractivity contribution in [1.29, 1.82) is 0 Å². The largest absolute Gasteiger partial charge is 0.389 e. The van der Waals surface area contributed by atoms with Crippen LogP contribution in [0, 0.1) is 0 Å². The summed E-state index contributed by atoms with van der Waals surface area (Å²) in [5.41, 5.74) is -0.718. The summed E-state index contributed by atoms with van der Waals surface area (Å²) in [6.45, 7) is 7.02. The fourth-order valence-corrected chi connectivity index (χ4v) is 1.58. The second-order valence-electron chi connectivity index (χ2n) is 4.58. The van der Waals surface area contributed by atoms with Crippen molar-refractivity contribution in [3.8, 4) is 0 Å². The van der Waals surface area contributed by atoms with E-state index in [1.807, 2.05) is 37.1 Å². The molecule has 0 aliphatic rings. The number of hydrogen-bond acceptors (Lipinski definition) is 4. The topological polar surface area (TPSA) is 48.4 Å². The number of anilines is 2. The minimum atomic E-state index is -0.718. The maximum Gasteiger partial charge on any atom is 0.130 e. The van der Waals surface area contributed by atoms with Crippen LogP contribution in [0.2, 0.25) is 0 Å². The number of rotatable bonds is 5. The summed E-state index contributed by atoms with van der Waals surface area (Å²) < 4.78 is 0. The van der Waals surface area contributed by atoms with Crippen LogP contribution >= 0.6 is 0 Å². The summed E-state index contributed by atoms with van der Waals surface area (Å²) in [6.07, 6.45) is 0. The molecule has 0 unspecified atom stereocenters. The molecule has 2 N–H and O–H groups in total. The number of pyridine rings is 1. The first-order valence-electron chi connectivity index (χ1n) is 5.57. The standard InChI is InChI=1S/C12H21N3O/c1-5-13-10-7-6-8-11(14-10)15(4)9-12(2,3)16/h6-8,16H,5,9H2,1-4H3,(H,13,14). The lowest BCUT2D eigenvalue weighted by Crippen LogP contribution is -2.36. The molecule has 1 heterocycles. The molecule has 0 atom stereocenters. The molecule has 90 valence electrons. The molecule has 0 aromatic carbocycles. The molecule has 0 radical (unpaired) electrons. The van der Waals surface area contributed by atoms with Crippen LogP contribution in [0.5, 0.6) is 0 Å². The van der Waals surface area contributed by atoms with E-state index in [0.717, 1.165) is 18.2 Å². The smallest absolute Gasteiger partial charge is 0.130 e. The molecule has 0 amide bonds. The van der Waals surface area contributed by atoms with Gasteiger partial charge in [0.05, 0.1) is 5.60 Å². The molecular formula is C12H21N3O.